The third-order valence-electron chi connectivity index (χ3n) is 5.31. The van der Waals surface area contributed by atoms with Gasteiger partial charge in [0, 0.05) is 32.2 Å². The van der Waals surface area contributed by atoms with Crippen molar-refractivity contribution in [2.45, 2.75) is 29.8 Å². The number of piperazine rings is 1. The maximum atomic E-state index is 12.9. The van der Waals surface area contributed by atoms with Gasteiger partial charge in [-0.2, -0.15) is 4.31 Å². The standard InChI is InChI=1S/C21H25N3O3S/c25-21(22-18-11-12-18)20(17-7-3-1-4-8-17)23-13-15-24(16-14-23)28(26,27)19-9-5-2-6-10-19/h1-10,18,20H,11-16H2,(H,22,25)/t20-/m0/s1. The van der Waals surface area contributed by atoms with E-state index in [-0.39, 0.29) is 11.9 Å². The molecule has 2 fully saturated rings. The van der Waals surface area contributed by atoms with Crippen molar-refractivity contribution < 1.29 is 13.2 Å². The van der Waals surface area contributed by atoms with Crippen LogP contribution < -0.4 is 5.32 Å². The van der Waals surface area contributed by atoms with Crippen molar-refractivity contribution >= 4 is 15.9 Å². The highest BCUT2D eigenvalue weighted by Crippen LogP contribution is 2.27. The molecular formula is C21H25N3O3S. The minimum Gasteiger partial charge on any atom is -0.352 e. The Kier molecular flexibility index (Phi) is 5.48. The summed E-state index contributed by atoms with van der Waals surface area (Å²) >= 11 is 0. The van der Waals surface area contributed by atoms with Gasteiger partial charge in [0.15, 0.2) is 0 Å². The van der Waals surface area contributed by atoms with Gasteiger partial charge in [0.1, 0.15) is 6.04 Å². The van der Waals surface area contributed by atoms with E-state index in [2.05, 4.69) is 10.2 Å². The van der Waals surface area contributed by atoms with Crippen LogP contribution in [0.15, 0.2) is 65.6 Å². The molecule has 2 aromatic carbocycles. The number of carbonyl (C=O) groups is 1. The minimum absolute atomic E-state index is 0.00747. The third-order valence-corrected chi connectivity index (χ3v) is 7.22. The van der Waals surface area contributed by atoms with Gasteiger partial charge in [-0.25, -0.2) is 8.42 Å². The van der Waals surface area contributed by atoms with Crippen molar-refractivity contribution in [2.75, 3.05) is 26.2 Å². The van der Waals surface area contributed by atoms with E-state index in [0.29, 0.717) is 37.1 Å². The first kappa shape index (κ1) is 19.1. The van der Waals surface area contributed by atoms with Gasteiger partial charge >= 0.3 is 0 Å². The lowest BCUT2D eigenvalue weighted by Crippen LogP contribution is -2.52. The molecule has 0 spiro atoms. The Labute approximate surface area is 166 Å². The van der Waals surface area contributed by atoms with E-state index in [9.17, 15) is 13.2 Å². The van der Waals surface area contributed by atoms with Crippen LogP contribution >= 0.6 is 0 Å². The van der Waals surface area contributed by atoms with Gasteiger partial charge in [-0.05, 0) is 30.5 Å². The molecule has 2 aliphatic rings. The SMILES string of the molecule is O=C(NC1CC1)[C@H](c1ccccc1)N1CCN(S(=O)(=O)c2ccccc2)CC1. The maximum absolute atomic E-state index is 12.9. The zero-order valence-electron chi connectivity index (χ0n) is 15.7. The number of hydrogen-bond donors (Lipinski definition) is 1. The Morgan fingerprint density at radius 3 is 2.04 bits per heavy atom. The summed E-state index contributed by atoms with van der Waals surface area (Å²) in [5.74, 6) is 0.00747. The van der Waals surface area contributed by atoms with Crippen molar-refractivity contribution in [3.8, 4) is 0 Å². The Balaban J connectivity index is 1.49. The van der Waals surface area contributed by atoms with Crippen LogP contribution in [0.3, 0.4) is 0 Å². The zero-order valence-corrected chi connectivity index (χ0v) is 16.5. The van der Waals surface area contributed by atoms with Gasteiger partial charge in [0.05, 0.1) is 4.90 Å². The number of hydrogen-bond acceptors (Lipinski definition) is 4. The molecule has 1 N–H and O–H groups in total. The minimum atomic E-state index is -3.50. The molecule has 1 amide bonds. The van der Waals surface area contributed by atoms with E-state index >= 15 is 0 Å². The Morgan fingerprint density at radius 1 is 0.893 bits per heavy atom. The summed E-state index contributed by atoms with van der Waals surface area (Å²) in [4.78, 5) is 15.3. The van der Waals surface area contributed by atoms with Crippen LogP contribution in [0.5, 0.6) is 0 Å². The smallest absolute Gasteiger partial charge is 0.243 e. The van der Waals surface area contributed by atoms with E-state index < -0.39 is 10.0 Å². The first-order valence-corrected chi connectivity index (χ1v) is 11.1. The number of benzene rings is 2. The van der Waals surface area contributed by atoms with Crippen molar-refractivity contribution in [3.63, 3.8) is 0 Å². The molecule has 2 aromatic rings. The van der Waals surface area contributed by atoms with Gasteiger partial charge in [-0.1, -0.05) is 48.5 Å². The predicted octanol–water partition coefficient (Wildman–Crippen LogP) is 2.01. The normalized spacial score (nSPS) is 19.9. The van der Waals surface area contributed by atoms with Crippen LogP contribution in [0.2, 0.25) is 0 Å². The van der Waals surface area contributed by atoms with Gasteiger partial charge in [0.25, 0.3) is 0 Å². The van der Waals surface area contributed by atoms with Gasteiger partial charge < -0.3 is 5.32 Å². The van der Waals surface area contributed by atoms with Crippen molar-refractivity contribution in [2.24, 2.45) is 0 Å². The summed E-state index contributed by atoms with van der Waals surface area (Å²) in [6, 6.07) is 18.1. The predicted molar refractivity (Wildman–Crippen MR) is 107 cm³/mol. The number of rotatable bonds is 6. The number of sulfonamides is 1. The highest BCUT2D eigenvalue weighted by Gasteiger charge is 2.36. The van der Waals surface area contributed by atoms with Crippen molar-refractivity contribution in [1.82, 2.24) is 14.5 Å². The molecule has 1 saturated heterocycles. The van der Waals surface area contributed by atoms with Crippen LogP contribution in [0, 0.1) is 0 Å². The summed E-state index contributed by atoms with van der Waals surface area (Å²) < 4.78 is 27.2. The second kappa shape index (κ2) is 8.03. The lowest BCUT2D eigenvalue weighted by molar-refractivity contribution is -0.127. The van der Waals surface area contributed by atoms with E-state index in [1.807, 2.05) is 30.3 Å². The van der Waals surface area contributed by atoms with Gasteiger partial charge in [-0.3, -0.25) is 9.69 Å². The van der Waals surface area contributed by atoms with Crippen LogP contribution in [0.4, 0.5) is 0 Å². The Bertz CT molecular complexity index is 906. The molecule has 28 heavy (non-hydrogen) atoms. The second-order valence-electron chi connectivity index (χ2n) is 7.35. The topological polar surface area (TPSA) is 69.7 Å². The largest absolute Gasteiger partial charge is 0.352 e. The number of nitrogens with zero attached hydrogens (tertiary/aromatic N) is 2. The fourth-order valence-corrected chi connectivity index (χ4v) is 5.06. The molecule has 1 aliphatic carbocycles. The van der Waals surface area contributed by atoms with E-state index in [1.54, 1.807) is 30.3 Å². The number of carbonyl (C=O) groups excluding carboxylic acids is 1. The molecule has 0 bridgehead atoms. The van der Waals surface area contributed by atoms with Crippen LogP contribution in [-0.2, 0) is 14.8 Å². The lowest BCUT2D eigenvalue weighted by Gasteiger charge is -2.38. The Hall–Kier alpha value is -2.22. The quantitative estimate of drug-likeness (QED) is 0.807. The monoisotopic (exact) mass is 399 g/mol. The fourth-order valence-electron chi connectivity index (χ4n) is 3.61. The number of nitrogens with one attached hydrogen (secondary N) is 1. The molecule has 1 heterocycles. The molecular weight excluding hydrogens is 374 g/mol. The average Bonchev–Trinajstić information content (AvgIpc) is 3.54. The molecule has 6 nitrogen and oxygen atoms in total. The first-order chi connectivity index (χ1) is 13.6. The summed E-state index contributed by atoms with van der Waals surface area (Å²) in [5.41, 5.74) is 0.944. The highest BCUT2D eigenvalue weighted by molar-refractivity contribution is 7.89. The summed E-state index contributed by atoms with van der Waals surface area (Å²) in [6.07, 6.45) is 2.08. The fraction of sp³-hybridized carbons (Fsp3) is 0.381. The van der Waals surface area contributed by atoms with Gasteiger partial charge in [-0.15, -0.1) is 0 Å². The number of amides is 1. The highest BCUT2D eigenvalue weighted by atomic mass is 32.2. The average molecular weight is 400 g/mol. The van der Waals surface area contributed by atoms with Crippen LogP contribution in [0.25, 0.3) is 0 Å². The van der Waals surface area contributed by atoms with E-state index in [4.69, 9.17) is 0 Å². The molecule has 7 heteroatoms. The molecule has 4 rings (SSSR count). The van der Waals surface area contributed by atoms with E-state index in [0.717, 1.165) is 18.4 Å². The van der Waals surface area contributed by atoms with Crippen molar-refractivity contribution in [3.05, 3.63) is 66.2 Å². The molecule has 0 radical (unpaired) electrons. The van der Waals surface area contributed by atoms with Crippen LogP contribution in [-0.4, -0.2) is 55.8 Å². The zero-order chi connectivity index (χ0) is 19.6. The summed E-state index contributed by atoms with van der Waals surface area (Å²) in [6.45, 7) is 1.78. The molecule has 0 aromatic heterocycles. The molecule has 1 saturated carbocycles. The van der Waals surface area contributed by atoms with Crippen LogP contribution in [0.1, 0.15) is 24.4 Å². The maximum Gasteiger partial charge on any atom is 0.243 e. The first-order valence-electron chi connectivity index (χ1n) is 9.70. The Morgan fingerprint density at radius 2 is 1.46 bits per heavy atom. The third kappa shape index (κ3) is 4.11. The molecule has 0 unspecified atom stereocenters. The molecule has 1 aliphatic heterocycles. The second-order valence-corrected chi connectivity index (χ2v) is 9.29. The molecule has 1 atom stereocenters. The van der Waals surface area contributed by atoms with Crippen molar-refractivity contribution in [1.29, 1.82) is 0 Å². The summed E-state index contributed by atoms with van der Waals surface area (Å²) in [5, 5.41) is 3.10. The van der Waals surface area contributed by atoms with E-state index in [1.165, 1.54) is 4.31 Å². The van der Waals surface area contributed by atoms with Gasteiger partial charge in [0.2, 0.25) is 15.9 Å². The summed E-state index contributed by atoms with van der Waals surface area (Å²) in [7, 11) is -3.50. The molecule has 148 valence electrons. The lowest BCUT2D eigenvalue weighted by atomic mass is 10.0.